The molecular weight excluding hydrogens is 445 g/mol. The van der Waals surface area contributed by atoms with Crippen molar-refractivity contribution in [3.8, 4) is 28.2 Å². The Balaban J connectivity index is 2.12. The Kier molecular flexibility index (Phi) is 4.94. The molecule has 0 aliphatic heterocycles. The smallest absolute Gasteiger partial charge is 0.185 e. The van der Waals surface area contributed by atoms with Crippen LogP contribution in [0.25, 0.3) is 28.2 Å². The van der Waals surface area contributed by atoms with Crippen LogP contribution < -0.4 is 5.43 Å². The van der Waals surface area contributed by atoms with Crippen LogP contribution in [-0.4, -0.2) is 4.57 Å². The van der Waals surface area contributed by atoms with Crippen molar-refractivity contribution in [1.29, 1.82) is 0 Å². The second-order valence-electron chi connectivity index (χ2n) is 6.41. The fourth-order valence-corrected chi connectivity index (χ4v) is 3.68. The molecule has 0 bridgehead atoms. The molecule has 0 N–H and O–H groups in total. The molecule has 132 valence electrons. The van der Waals surface area contributed by atoms with Crippen molar-refractivity contribution in [1.82, 2.24) is 4.57 Å². The van der Waals surface area contributed by atoms with Gasteiger partial charge < -0.3 is 4.57 Å². The maximum absolute atomic E-state index is 12.8. The van der Waals surface area contributed by atoms with Crippen molar-refractivity contribution in [2.45, 2.75) is 6.92 Å². The summed E-state index contributed by atoms with van der Waals surface area (Å²) in [7, 11) is 0. The van der Waals surface area contributed by atoms with Gasteiger partial charge >= 0.3 is 0 Å². The van der Waals surface area contributed by atoms with Crippen LogP contribution in [0.3, 0.4) is 0 Å². The minimum atomic E-state index is 0.0505. The summed E-state index contributed by atoms with van der Waals surface area (Å²) in [5.74, 6) is 0. The van der Waals surface area contributed by atoms with Gasteiger partial charge in [-0.3, -0.25) is 4.79 Å². The van der Waals surface area contributed by atoms with E-state index in [9.17, 15) is 4.79 Å². The Bertz CT molecular complexity index is 1130. The highest BCUT2D eigenvalue weighted by atomic mass is 127. The van der Waals surface area contributed by atoms with Crippen molar-refractivity contribution in [3.05, 3.63) is 110 Å². The SMILES string of the molecule is Cc1c(-c2ccc(I)cc2)n(-c2ccccc2)c(-c2ccccc2)cc1=O. The van der Waals surface area contributed by atoms with Gasteiger partial charge in [-0.2, -0.15) is 0 Å². The zero-order valence-electron chi connectivity index (χ0n) is 14.9. The van der Waals surface area contributed by atoms with Gasteiger partial charge in [0.15, 0.2) is 5.43 Å². The zero-order valence-corrected chi connectivity index (χ0v) is 17.1. The normalized spacial score (nSPS) is 10.7. The van der Waals surface area contributed by atoms with E-state index in [0.29, 0.717) is 0 Å². The van der Waals surface area contributed by atoms with E-state index in [2.05, 4.69) is 63.6 Å². The molecule has 1 heterocycles. The Morgan fingerprint density at radius 2 is 1.33 bits per heavy atom. The summed E-state index contributed by atoms with van der Waals surface area (Å²) >= 11 is 2.30. The predicted molar refractivity (Wildman–Crippen MR) is 120 cm³/mol. The summed E-state index contributed by atoms with van der Waals surface area (Å²) in [6.07, 6.45) is 0. The lowest BCUT2D eigenvalue weighted by atomic mass is 10.0. The maximum atomic E-state index is 12.8. The van der Waals surface area contributed by atoms with Gasteiger partial charge in [0.05, 0.1) is 11.4 Å². The molecule has 0 radical (unpaired) electrons. The van der Waals surface area contributed by atoms with Gasteiger partial charge in [-0.1, -0.05) is 60.7 Å². The fraction of sp³-hybridized carbons (Fsp3) is 0.0417. The molecule has 0 unspecified atom stereocenters. The molecule has 4 rings (SSSR count). The molecule has 4 aromatic rings. The van der Waals surface area contributed by atoms with Crippen LogP contribution in [0.4, 0.5) is 0 Å². The Labute approximate surface area is 172 Å². The van der Waals surface area contributed by atoms with E-state index in [4.69, 9.17) is 0 Å². The third-order valence-corrected chi connectivity index (χ3v) is 5.38. The van der Waals surface area contributed by atoms with Crippen LogP contribution in [0.5, 0.6) is 0 Å². The van der Waals surface area contributed by atoms with Crippen LogP contribution in [0, 0.1) is 10.5 Å². The lowest BCUT2D eigenvalue weighted by molar-refractivity contribution is 1.04. The van der Waals surface area contributed by atoms with E-state index < -0.39 is 0 Å². The molecule has 0 fully saturated rings. The summed E-state index contributed by atoms with van der Waals surface area (Å²) < 4.78 is 3.36. The Morgan fingerprint density at radius 3 is 1.96 bits per heavy atom. The molecule has 2 nitrogen and oxygen atoms in total. The second-order valence-corrected chi connectivity index (χ2v) is 7.66. The van der Waals surface area contributed by atoms with Crippen LogP contribution in [0.1, 0.15) is 5.56 Å². The van der Waals surface area contributed by atoms with Crippen molar-refractivity contribution >= 4 is 22.6 Å². The van der Waals surface area contributed by atoms with Gasteiger partial charge in [0.2, 0.25) is 0 Å². The number of para-hydroxylation sites is 1. The van der Waals surface area contributed by atoms with E-state index in [-0.39, 0.29) is 5.43 Å². The van der Waals surface area contributed by atoms with E-state index in [1.54, 1.807) is 6.07 Å². The van der Waals surface area contributed by atoms with Crippen molar-refractivity contribution in [3.63, 3.8) is 0 Å². The average Bonchev–Trinajstić information content (AvgIpc) is 2.72. The third-order valence-electron chi connectivity index (χ3n) is 4.66. The molecule has 0 amide bonds. The zero-order chi connectivity index (χ0) is 18.8. The van der Waals surface area contributed by atoms with Crippen LogP contribution in [-0.2, 0) is 0 Å². The van der Waals surface area contributed by atoms with Crippen molar-refractivity contribution < 1.29 is 0 Å². The Morgan fingerprint density at radius 1 is 0.741 bits per heavy atom. The van der Waals surface area contributed by atoms with Gasteiger partial charge in [0, 0.05) is 20.9 Å². The van der Waals surface area contributed by atoms with E-state index in [1.165, 1.54) is 3.57 Å². The van der Waals surface area contributed by atoms with E-state index in [0.717, 1.165) is 33.8 Å². The largest absolute Gasteiger partial charge is 0.309 e. The molecule has 0 atom stereocenters. The van der Waals surface area contributed by atoms with Gasteiger partial charge in [0.25, 0.3) is 0 Å². The second kappa shape index (κ2) is 7.53. The lowest BCUT2D eigenvalue weighted by Gasteiger charge is -2.21. The van der Waals surface area contributed by atoms with Gasteiger partial charge in [-0.25, -0.2) is 0 Å². The number of benzene rings is 3. The summed E-state index contributed by atoms with van der Waals surface area (Å²) in [6.45, 7) is 1.91. The van der Waals surface area contributed by atoms with E-state index >= 15 is 0 Å². The molecule has 0 saturated heterocycles. The lowest BCUT2D eigenvalue weighted by Crippen LogP contribution is -2.15. The minimum Gasteiger partial charge on any atom is -0.309 e. The number of nitrogens with zero attached hydrogens (tertiary/aromatic N) is 1. The quantitative estimate of drug-likeness (QED) is 0.338. The Hall–Kier alpha value is -2.66. The average molecular weight is 463 g/mol. The summed E-state index contributed by atoms with van der Waals surface area (Å²) in [6, 6.07) is 30.3. The van der Waals surface area contributed by atoms with Crippen molar-refractivity contribution in [2.75, 3.05) is 0 Å². The number of hydrogen-bond acceptors (Lipinski definition) is 1. The van der Waals surface area contributed by atoms with Crippen molar-refractivity contribution in [2.24, 2.45) is 0 Å². The monoisotopic (exact) mass is 463 g/mol. The molecule has 3 heteroatoms. The van der Waals surface area contributed by atoms with Gasteiger partial charge in [0.1, 0.15) is 0 Å². The van der Waals surface area contributed by atoms with Crippen LogP contribution in [0.2, 0.25) is 0 Å². The number of hydrogen-bond donors (Lipinski definition) is 0. The number of halogens is 1. The topological polar surface area (TPSA) is 22.0 Å². The van der Waals surface area contributed by atoms with Crippen LogP contribution >= 0.6 is 22.6 Å². The van der Waals surface area contributed by atoms with Crippen LogP contribution in [0.15, 0.2) is 95.8 Å². The first-order chi connectivity index (χ1) is 13.1. The minimum absolute atomic E-state index is 0.0505. The highest BCUT2D eigenvalue weighted by molar-refractivity contribution is 14.1. The molecule has 1 aromatic heterocycles. The van der Waals surface area contributed by atoms with E-state index in [1.807, 2.05) is 55.5 Å². The highest BCUT2D eigenvalue weighted by Gasteiger charge is 2.17. The van der Waals surface area contributed by atoms with Gasteiger partial charge in [-0.15, -0.1) is 0 Å². The molecule has 3 aromatic carbocycles. The van der Waals surface area contributed by atoms with Gasteiger partial charge in [-0.05, 0) is 64.9 Å². The summed E-state index contributed by atoms with van der Waals surface area (Å²) in [5, 5.41) is 0. The summed E-state index contributed by atoms with van der Waals surface area (Å²) in [4.78, 5) is 12.8. The summed E-state index contributed by atoms with van der Waals surface area (Å²) in [5.41, 5.74) is 5.72. The highest BCUT2D eigenvalue weighted by Crippen LogP contribution is 2.31. The molecular formula is C24H18INO. The number of pyridine rings is 1. The first-order valence-corrected chi connectivity index (χ1v) is 9.86. The first kappa shape index (κ1) is 17.7. The number of rotatable bonds is 3. The molecule has 0 aliphatic carbocycles. The number of aromatic nitrogens is 1. The fourth-order valence-electron chi connectivity index (χ4n) is 3.32. The first-order valence-electron chi connectivity index (χ1n) is 8.78. The predicted octanol–water partition coefficient (Wildman–Crippen LogP) is 6.08. The molecule has 27 heavy (non-hydrogen) atoms. The maximum Gasteiger partial charge on any atom is 0.185 e. The third kappa shape index (κ3) is 3.47. The molecule has 0 saturated carbocycles. The molecule has 0 spiro atoms. The standard InChI is InChI=1S/C24H18INO/c1-17-23(27)16-22(18-8-4-2-5-9-18)26(21-10-6-3-7-11-21)24(17)19-12-14-20(25)15-13-19/h2-16H,1H3. The molecule has 0 aliphatic rings.